The van der Waals surface area contributed by atoms with Crippen molar-refractivity contribution in [3.63, 3.8) is 0 Å². The molecule has 0 spiro atoms. The molecule has 5 nitrogen and oxygen atoms in total. The van der Waals surface area contributed by atoms with Gasteiger partial charge in [-0.3, -0.25) is 4.79 Å². The highest BCUT2D eigenvalue weighted by Gasteiger charge is 2.30. The monoisotopic (exact) mass is 376 g/mol. The fraction of sp³-hybridized carbons (Fsp3) is 0.450. The Kier molecular flexibility index (Phi) is 6.64. The summed E-state index contributed by atoms with van der Waals surface area (Å²) in [5.41, 5.74) is 1.57. The summed E-state index contributed by atoms with van der Waals surface area (Å²) < 4.78 is 28.5. The molecule has 0 atom stereocenters. The fourth-order valence-electron chi connectivity index (χ4n) is 3.02. The Bertz CT molecular complexity index is 868. The second-order valence-electron chi connectivity index (χ2n) is 6.51. The average molecular weight is 377 g/mol. The smallest absolute Gasteiger partial charge is 0.225 e. The number of hydrogen-bond acceptors (Lipinski definition) is 3. The Balaban J connectivity index is 2.65. The minimum Gasteiger partial charge on any atom is -0.331 e. The third kappa shape index (κ3) is 4.01. The van der Waals surface area contributed by atoms with Gasteiger partial charge in [0.05, 0.1) is 4.90 Å². The molecule has 0 bridgehead atoms. The normalized spacial score (nSPS) is 11.5. The quantitative estimate of drug-likeness (QED) is 0.739. The molecule has 1 aromatic heterocycles. The molecule has 2 aromatic rings. The van der Waals surface area contributed by atoms with E-state index in [4.69, 9.17) is 0 Å². The number of benzene rings is 1. The van der Waals surface area contributed by atoms with Crippen molar-refractivity contribution in [1.29, 1.82) is 0 Å². The van der Waals surface area contributed by atoms with E-state index in [2.05, 4.69) is 12.2 Å². The SMILES string of the molecule is CCCCn1c(C)c(C)c(S(=O)(=O)c2ccccc2)c1NC(=O)CCC. The maximum Gasteiger partial charge on any atom is 0.225 e. The summed E-state index contributed by atoms with van der Waals surface area (Å²) in [4.78, 5) is 12.7. The van der Waals surface area contributed by atoms with Crippen LogP contribution in [0, 0.1) is 13.8 Å². The van der Waals surface area contributed by atoms with Gasteiger partial charge in [-0.1, -0.05) is 38.5 Å². The summed E-state index contributed by atoms with van der Waals surface area (Å²) in [7, 11) is -3.72. The number of nitrogens with zero attached hydrogens (tertiary/aromatic N) is 1. The molecule has 0 aliphatic heterocycles. The van der Waals surface area contributed by atoms with Crippen LogP contribution in [0.1, 0.15) is 50.8 Å². The van der Waals surface area contributed by atoms with Crippen molar-refractivity contribution in [2.75, 3.05) is 5.32 Å². The van der Waals surface area contributed by atoms with Gasteiger partial charge in [-0.2, -0.15) is 0 Å². The van der Waals surface area contributed by atoms with Crippen LogP contribution in [0.4, 0.5) is 5.82 Å². The molecule has 1 aromatic carbocycles. The molecule has 0 aliphatic rings. The molecule has 142 valence electrons. The number of rotatable bonds is 8. The van der Waals surface area contributed by atoms with Gasteiger partial charge in [0, 0.05) is 18.7 Å². The molecule has 0 saturated heterocycles. The third-order valence-electron chi connectivity index (χ3n) is 4.57. The van der Waals surface area contributed by atoms with Gasteiger partial charge >= 0.3 is 0 Å². The maximum atomic E-state index is 13.3. The molecule has 26 heavy (non-hydrogen) atoms. The molecule has 1 N–H and O–H groups in total. The van der Waals surface area contributed by atoms with E-state index in [1.807, 2.05) is 25.3 Å². The van der Waals surface area contributed by atoms with Crippen molar-refractivity contribution in [3.05, 3.63) is 41.6 Å². The lowest BCUT2D eigenvalue weighted by molar-refractivity contribution is -0.116. The molecule has 1 heterocycles. The van der Waals surface area contributed by atoms with Crippen molar-refractivity contribution in [1.82, 2.24) is 4.57 Å². The first-order valence-corrected chi connectivity index (χ1v) is 10.6. The Labute approximate surface area is 156 Å². The zero-order valence-electron chi connectivity index (χ0n) is 16.0. The van der Waals surface area contributed by atoms with Crippen LogP contribution in [-0.2, 0) is 21.2 Å². The number of hydrogen-bond donors (Lipinski definition) is 1. The summed E-state index contributed by atoms with van der Waals surface area (Å²) in [6.07, 6.45) is 2.97. The minimum atomic E-state index is -3.72. The Morgan fingerprint density at radius 2 is 1.73 bits per heavy atom. The summed E-state index contributed by atoms with van der Waals surface area (Å²) in [5.74, 6) is 0.239. The molecule has 0 saturated carbocycles. The van der Waals surface area contributed by atoms with Crippen molar-refractivity contribution in [3.8, 4) is 0 Å². The number of aromatic nitrogens is 1. The molecule has 0 aliphatic carbocycles. The van der Waals surface area contributed by atoms with Crippen LogP contribution >= 0.6 is 0 Å². The molecule has 0 radical (unpaired) electrons. The Morgan fingerprint density at radius 1 is 1.08 bits per heavy atom. The second-order valence-corrected chi connectivity index (χ2v) is 8.39. The van der Waals surface area contributed by atoms with Crippen molar-refractivity contribution in [2.45, 2.75) is 69.7 Å². The number of nitrogens with one attached hydrogen (secondary N) is 1. The molecule has 0 fully saturated rings. The van der Waals surface area contributed by atoms with Crippen LogP contribution in [-0.4, -0.2) is 18.9 Å². The first-order valence-electron chi connectivity index (χ1n) is 9.14. The highest BCUT2D eigenvalue weighted by Crippen LogP contribution is 2.35. The van der Waals surface area contributed by atoms with Gasteiger partial charge in [-0.05, 0) is 44.4 Å². The van der Waals surface area contributed by atoms with Crippen LogP contribution in [0.25, 0.3) is 0 Å². The largest absolute Gasteiger partial charge is 0.331 e. The molecular weight excluding hydrogens is 348 g/mol. The highest BCUT2D eigenvalue weighted by molar-refractivity contribution is 7.91. The van der Waals surface area contributed by atoms with E-state index >= 15 is 0 Å². The zero-order valence-corrected chi connectivity index (χ0v) is 16.8. The number of carbonyl (C=O) groups excluding carboxylic acids is 1. The average Bonchev–Trinajstić information content (AvgIpc) is 2.85. The van der Waals surface area contributed by atoms with E-state index < -0.39 is 9.84 Å². The summed E-state index contributed by atoms with van der Waals surface area (Å²) in [6.45, 7) is 8.40. The molecule has 0 unspecified atom stereocenters. The van der Waals surface area contributed by atoms with Crippen LogP contribution in [0.15, 0.2) is 40.1 Å². The van der Waals surface area contributed by atoms with Gasteiger partial charge in [-0.15, -0.1) is 0 Å². The van der Waals surface area contributed by atoms with Crippen LogP contribution in [0.5, 0.6) is 0 Å². The zero-order chi connectivity index (χ0) is 19.3. The molecule has 2 rings (SSSR count). The number of carbonyl (C=O) groups is 1. The van der Waals surface area contributed by atoms with Crippen LogP contribution < -0.4 is 5.32 Å². The van der Waals surface area contributed by atoms with Crippen LogP contribution in [0.3, 0.4) is 0 Å². The number of amides is 1. The van der Waals surface area contributed by atoms with E-state index in [1.165, 1.54) is 0 Å². The first-order chi connectivity index (χ1) is 12.3. The van der Waals surface area contributed by atoms with E-state index in [-0.39, 0.29) is 15.7 Å². The molecular formula is C20H28N2O3S. The van der Waals surface area contributed by atoms with Gasteiger partial charge in [0.25, 0.3) is 0 Å². The van der Waals surface area contributed by atoms with E-state index in [0.29, 0.717) is 30.8 Å². The lowest BCUT2D eigenvalue weighted by atomic mass is 10.3. The third-order valence-corrected chi connectivity index (χ3v) is 6.50. The van der Waals surface area contributed by atoms with Gasteiger partial charge in [0.15, 0.2) is 0 Å². The standard InChI is InChI=1S/C20H28N2O3S/c1-5-7-14-22-16(4)15(3)19(20(22)21-18(23)11-6-2)26(24,25)17-12-9-8-10-13-17/h8-10,12-13H,5-7,11,14H2,1-4H3,(H,21,23). The van der Waals surface area contributed by atoms with Gasteiger partial charge in [0.1, 0.15) is 10.7 Å². The maximum absolute atomic E-state index is 13.3. The lowest BCUT2D eigenvalue weighted by Gasteiger charge is -2.14. The van der Waals surface area contributed by atoms with Gasteiger partial charge < -0.3 is 9.88 Å². The summed E-state index contributed by atoms with van der Waals surface area (Å²) >= 11 is 0. The Hall–Kier alpha value is -2.08. The number of sulfone groups is 1. The van der Waals surface area contributed by atoms with Crippen molar-refractivity contribution in [2.24, 2.45) is 0 Å². The van der Waals surface area contributed by atoms with Crippen molar-refractivity contribution >= 4 is 21.6 Å². The lowest BCUT2D eigenvalue weighted by Crippen LogP contribution is -2.17. The predicted octanol–water partition coefficient (Wildman–Crippen LogP) is 4.48. The predicted molar refractivity (Wildman–Crippen MR) is 104 cm³/mol. The minimum absolute atomic E-state index is 0.160. The molecule has 6 heteroatoms. The van der Waals surface area contributed by atoms with Gasteiger partial charge in [0.2, 0.25) is 15.7 Å². The fourth-order valence-corrected chi connectivity index (χ4v) is 4.74. The van der Waals surface area contributed by atoms with Crippen molar-refractivity contribution < 1.29 is 13.2 Å². The summed E-state index contributed by atoms with van der Waals surface area (Å²) in [5, 5.41) is 2.87. The summed E-state index contributed by atoms with van der Waals surface area (Å²) in [6, 6.07) is 8.38. The Morgan fingerprint density at radius 3 is 2.31 bits per heavy atom. The second kappa shape index (κ2) is 8.54. The van der Waals surface area contributed by atoms with Gasteiger partial charge in [-0.25, -0.2) is 8.42 Å². The van der Waals surface area contributed by atoms with E-state index in [0.717, 1.165) is 18.5 Å². The van der Waals surface area contributed by atoms with E-state index in [9.17, 15) is 13.2 Å². The first kappa shape index (κ1) is 20.2. The molecule has 1 amide bonds. The number of unbranched alkanes of at least 4 members (excludes halogenated alkanes) is 1. The van der Waals surface area contributed by atoms with E-state index in [1.54, 1.807) is 30.3 Å². The van der Waals surface area contributed by atoms with Crippen LogP contribution in [0.2, 0.25) is 0 Å². The number of anilines is 1. The topological polar surface area (TPSA) is 68.2 Å². The highest BCUT2D eigenvalue weighted by atomic mass is 32.2.